The van der Waals surface area contributed by atoms with Gasteiger partial charge in [-0.15, -0.1) is 0 Å². The van der Waals surface area contributed by atoms with E-state index < -0.39 is 6.10 Å². The zero-order valence-corrected chi connectivity index (χ0v) is 20.2. The molecule has 0 aliphatic carbocycles. The first kappa shape index (κ1) is 24.0. The van der Waals surface area contributed by atoms with Crippen molar-refractivity contribution in [1.29, 1.82) is 0 Å². The molecule has 3 aromatic carbocycles. The summed E-state index contributed by atoms with van der Waals surface area (Å²) in [6.45, 7) is 3.42. The molecule has 2 heterocycles. The quantitative estimate of drug-likeness (QED) is 0.413. The van der Waals surface area contributed by atoms with Crippen LogP contribution in [0.25, 0.3) is 10.9 Å². The SMILES string of the molecule is O=C(C(c1ccccc1)c1ccccc1)N1CCN(C[C@@H](O)COc2cccc3ncccc23)CC1. The minimum Gasteiger partial charge on any atom is -0.490 e. The zero-order valence-electron chi connectivity index (χ0n) is 20.2. The van der Waals surface area contributed by atoms with Crippen molar-refractivity contribution in [2.45, 2.75) is 12.0 Å². The van der Waals surface area contributed by atoms with Gasteiger partial charge in [-0.3, -0.25) is 14.7 Å². The molecule has 1 atom stereocenters. The van der Waals surface area contributed by atoms with Gasteiger partial charge in [0.1, 0.15) is 18.5 Å². The molecule has 4 aromatic rings. The number of carbonyl (C=O) groups excluding carboxylic acids is 1. The Morgan fingerprint density at radius 2 is 1.50 bits per heavy atom. The lowest BCUT2D eigenvalue weighted by atomic mass is 9.90. The Bertz CT molecular complexity index is 1230. The summed E-state index contributed by atoms with van der Waals surface area (Å²) >= 11 is 0. The van der Waals surface area contributed by atoms with Crippen molar-refractivity contribution in [2.24, 2.45) is 0 Å². The van der Waals surface area contributed by atoms with E-state index >= 15 is 0 Å². The second kappa shape index (κ2) is 11.3. The molecule has 6 heteroatoms. The molecular weight excluding hydrogens is 450 g/mol. The number of nitrogens with zero attached hydrogens (tertiary/aromatic N) is 3. The van der Waals surface area contributed by atoms with Crippen LogP contribution < -0.4 is 4.74 Å². The van der Waals surface area contributed by atoms with Crippen LogP contribution in [0, 0.1) is 0 Å². The van der Waals surface area contributed by atoms with Gasteiger partial charge in [0.15, 0.2) is 0 Å². The highest BCUT2D eigenvalue weighted by atomic mass is 16.5. The third kappa shape index (κ3) is 5.56. The van der Waals surface area contributed by atoms with Gasteiger partial charge in [-0.2, -0.15) is 0 Å². The molecule has 1 aromatic heterocycles. The summed E-state index contributed by atoms with van der Waals surface area (Å²) in [6.07, 6.45) is 1.13. The van der Waals surface area contributed by atoms with Crippen molar-refractivity contribution in [2.75, 3.05) is 39.3 Å². The number of benzene rings is 3. The Labute approximate surface area is 211 Å². The highest BCUT2D eigenvalue weighted by Crippen LogP contribution is 2.27. The van der Waals surface area contributed by atoms with Crippen LogP contribution in [-0.4, -0.2) is 71.2 Å². The van der Waals surface area contributed by atoms with Crippen LogP contribution >= 0.6 is 0 Å². The Hall–Kier alpha value is -3.74. The standard InChI is InChI=1S/C30H31N3O3/c34-25(22-36-28-15-7-14-27-26(28)13-8-16-31-27)21-32-17-19-33(20-18-32)30(35)29(23-9-3-1-4-10-23)24-11-5-2-6-12-24/h1-16,25,29,34H,17-22H2/t25-/m1/s1. The third-order valence-corrected chi connectivity index (χ3v) is 6.70. The van der Waals surface area contributed by atoms with Crippen molar-refractivity contribution in [3.8, 4) is 5.75 Å². The fraction of sp³-hybridized carbons (Fsp3) is 0.267. The fourth-order valence-electron chi connectivity index (χ4n) is 4.84. The molecule has 6 nitrogen and oxygen atoms in total. The minimum absolute atomic E-state index is 0.125. The summed E-state index contributed by atoms with van der Waals surface area (Å²) in [5.74, 6) is 0.538. The van der Waals surface area contributed by atoms with Gasteiger partial charge in [0.2, 0.25) is 5.91 Å². The topological polar surface area (TPSA) is 65.9 Å². The molecule has 1 N–H and O–H groups in total. The van der Waals surface area contributed by atoms with E-state index in [0.717, 1.165) is 40.9 Å². The number of carbonyl (C=O) groups is 1. The normalized spacial score (nSPS) is 15.2. The monoisotopic (exact) mass is 481 g/mol. The highest BCUT2D eigenvalue weighted by Gasteiger charge is 2.30. The van der Waals surface area contributed by atoms with Crippen molar-refractivity contribution in [3.63, 3.8) is 0 Å². The largest absolute Gasteiger partial charge is 0.490 e. The lowest BCUT2D eigenvalue weighted by Gasteiger charge is -2.37. The van der Waals surface area contributed by atoms with Gasteiger partial charge in [0.05, 0.1) is 11.4 Å². The Balaban J connectivity index is 1.16. The van der Waals surface area contributed by atoms with E-state index in [2.05, 4.69) is 9.88 Å². The lowest BCUT2D eigenvalue weighted by molar-refractivity contribution is -0.133. The highest BCUT2D eigenvalue weighted by molar-refractivity contribution is 5.87. The summed E-state index contributed by atoms with van der Waals surface area (Å²) in [5, 5.41) is 11.6. The first-order chi connectivity index (χ1) is 17.7. The molecule has 0 spiro atoms. The fourth-order valence-corrected chi connectivity index (χ4v) is 4.84. The first-order valence-corrected chi connectivity index (χ1v) is 12.4. The molecule has 0 saturated carbocycles. The number of pyridine rings is 1. The van der Waals surface area contributed by atoms with Crippen molar-refractivity contribution >= 4 is 16.8 Å². The second-order valence-corrected chi connectivity index (χ2v) is 9.17. The van der Waals surface area contributed by atoms with E-state index in [9.17, 15) is 9.90 Å². The molecule has 36 heavy (non-hydrogen) atoms. The lowest BCUT2D eigenvalue weighted by Crippen LogP contribution is -2.52. The van der Waals surface area contributed by atoms with Crippen LogP contribution in [0.4, 0.5) is 0 Å². The van der Waals surface area contributed by atoms with Gasteiger partial charge >= 0.3 is 0 Å². The van der Waals surface area contributed by atoms with E-state index in [-0.39, 0.29) is 18.4 Å². The van der Waals surface area contributed by atoms with E-state index in [0.29, 0.717) is 19.6 Å². The summed E-state index contributed by atoms with van der Waals surface area (Å²) in [6, 6.07) is 29.6. The maximum Gasteiger partial charge on any atom is 0.234 e. The molecule has 1 saturated heterocycles. The average Bonchev–Trinajstić information content (AvgIpc) is 2.93. The zero-order chi connectivity index (χ0) is 24.7. The number of ether oxygens (including phenoxy) is 1. The molecule has 0 unspecified atom stereocenters. The predicted molar refractivity (Wildman–Crippen MR) is 141 cm³/mol. The molecule has 0 bridgehead atoms. The summed E-state index contributed by atoms with van der Waals surface area (Å²) in [4.78, 5) is 22.1. The van der Waals surface area contributed by atoms with Gasteiger partial charge in [-0.05, 0) is 35.4 Å². The van der Waals surface area contributed by atoms with E-state index in [1.807, 2.05) is 95.9 Å². The molecular formula is C30H31N3O3. The van der Waals surface area contributed by atoms with E-state index in [1.54, 1.807) is 6.20 Å². The van der Waals surface area contributed by atoms with E-state index in [4.69, 9.17) is 4.74 Å². The van der Waals surface area contributed by atoms with Crippen LogP contribution in [0.2, 0.25) is 0 Å². The van der Waals surface area contributed by atoms with Gasteiger partial charge in [-0.25, -0.2) is 0 Å². The number of aromatic nitrogens is 1. The summed E-state index contributed by atoms with van der Waals surface area (Å²) in [7, 11) is 0. The molecule has 5 rings (SSSR count). The number of amides is 1. The first-order valence-electron chi connectivity index (χ1n) is 12.4. The van der Waals surface area contributed by atoms with Gasteiger partial charge in [0, 0.05) is 44.3 Å². The van der Waals surface area contributed by atoms with Gasteiger partial charge in [-0.1, -0.05) is 66.7 Å². The average molecular weight is 482 g/mol. The molecule has 0 radical (unpaired) electrons. The van der Waals surface area contributed by atoms with Crippen LogP contribution in [0.15, 0.2) is 97.2 Å². The van der Waals surface area contributed by atoms with Crippen molar-refractivity contribution < 1.29 is 14.6 Å². The number of rotatable bonds is 8. The maximum absolute atomic E-state index is 13.6. The van der Waals surface area contributed by atoms with Crippen molar-refractivity contribution in [3.05, 3.63) is 108 Å². The summed E-state index contributed by atoms with van der Waals surface area (Å²) < 4.78 is 5.93. The number of piperazine rings is 1. The third-order valence-electron chi connectivity index (χ3n) is 6.70. The van der Waals surface area contributed by atoms with Crippen LogP contribution in [-0.2, 0) is 4.79 Å². The van der Waals surface area contributed by atoms with E-state index in [1.165, 1.54) is 0 Å². The molecule has 1 aliphatic rings. The Morgan fingerprint density at radius 3 is 2.17 bits per heavy atom. The molecule has 184 valence electrons. The second-order valence-electron chi connectivity index (χ2n) is 9.17. The van der Waals surface area contributed by atoms with Gasteiger partial charge < -0.3 is 14.7 Å². The smallest absolute Gasteiger partial charge is 0.234 e. The Kier molecular flexibility index (Phi) is 7.55. The molecule has 1 amide bonds. The number of fused-ring (bicyclic) bond motifs is 1. The number of aliphatic hydroxyl groups is 1. The molecule has 1 aliphatic heterocycles. The number of aliphatic hydroxyl groups excluding tert-OH is 1. The molecule has 1 fully saturated rings. The maximum atomic E-state index is 13.6. The number of β-amino-alcohol motifs (C(OH)–C–C–N with tert-alkyl or cyclic N) is 1. The van der Waals surface area contributed by atoms with Crippen LogP contribution in [0.3, 0.4) is 0 Å². The van der Waals surface area contributed by atoms with Crippen LogP contribution in [0.5, 0.6) is 5.75 Å². The number of hydrogen-bond donors (Lipinski definition) is 1. The van der Waals surface area contributed by atoms with Crippen molar-refractivity contribution in [1.82, 2.24) is 14.8 Å². The van der Waals surface area contributed by atoms with Crippen LogP contribution in [0.1, 0.15) is 17.0 Å². The Morgan fingerprint density at radius 1 is 0.833 bits per heavy atom. The minimum atomic E-state index is -0.624. The number of hydrogen-bond acceptors (Lipinski definition) is 5. The predicted octanol–water partition coefficient (Wildman–Crippen LogP) is 3.95. The summed E-state index contributed by atoms with van der Waals surface area (Å²) in [5.41, 5.74) is 2.88. The van der Waals surface area contributed by atoms with Gasteiger partial charge in [0.25, 0.3) is 0 Å².